The first kappa shape index (κ1) is 12.8. The van der Waals surface area contributed by atoms with Crippen LogP contribution in [0.5, 0.6) is 0 Å². The van der Waals surface area contributed by atoms with Crippen LogP contribution < -0.4 is 0 Å². The molecule has 1 aromatic heterocycles. The molecular weight excluding hydrogens is 323 g/mol. The molecule has 3 aromatic rings. The molecule has 0 aliphatic carbocycles. The van der Waals surface area contributed by atoms with E-state index >= 15 is 0 Å². The predicted molar refractivity (Wildman–Crippen MR) is 83.6 cm³/mol. The number of hydrogen-bond acceptors (Lipinski definition) is 1. The van der Waals surface area contributed by atoms with Crippen molar-refractivity contribution in [1.82, 2.24) is 0 Å². The summed E-state index contributed by atoms with van der Waals surface area (Å²) in [6.45, 7) is 0. The van der Waals surface area contributed by atoms with Gasteiger partial charge < -0.3 is 0 Å². The van der Waals surface area contributed by atoms with Crippen molar-refractivity contribution in [2.24, 2.45) is 0 Å². The molecule has 96 valence electrons. The van der Waals surface area contributed by atoms with Crippen LogP contribution in [0.4, 0.5) is 4.39 Å². The summed E-state index contributed by atoms with van der Waals surface area (Å²) in [6, 6.07) is 13.2. The van der Waals surface area contributed by atoms with E-state index in [4.69, 9.17) is 0 Å². The fraction of sp³-hybridized carbons (Fsp3) is 0.125. The summed E-state index contributed by atoms with van der Waals surface area (Å²) in [5.74, 6) is -0.158. The third kappa shape index (κ3) is 2.58. The first-order chi connectivity index (χ1) is 9.25. The second-order valence-electron chi connectivity index (χ2n) is 4.49. The Hall–Kier alpha value is -1.19. The van der Waals surface area contributed by atoms with Crippen molar-refractivity contribution in [3.8, 4) is 0 Å². The highest BCUT2D eigenvalue weighted by Gasteiger charge is 2.13. The molecule has 0 amide bonds. The van der Waals surface area contributed by atoms with Crippen LogP contribution in [0.3, 0.4) is 0 Å². The van der Waals surface area contributed by atoms with E-state index in [1.165, 1.54) is 5.56 Å². The zero-order chi connectivity index (χ0) is 13.2. The molecule has 1 atom stereocenters. The summed E-state index contributed by atoms with van der Waals surface area (Å²) < 4.78 is 13.8. The van der Waals surface area contributed by atoms with E-state index in [0.717, 1.165) is 17.4 Å². The number of halogens is 2. The zero-order valence-corrected chi connectivity index (χ0v) is 12.5. The summed E-state index contributed by atoms with van der Waals surface area (Å²) in [5.41, 5.74) is 2.45. The Morgan fingerprint density at radius 2 is 1.84 bits per heavy atom. The normalized spacial score (nSPS) is 12.7. The van der Waals surface area contributed by atoms with Gasteiger partial charge in [0.1, 0.15) is 5.82 Å². The van der Waals surface area contributed by atoms with Crippen molar-refractivity contribution in [2.75, 3.05) is 0 Å². The van der Waals surface area contributed by atoms with Crippen molar-refractivity contribution in [1.29, 1.82) is 0 Å². The van der Waals surface area contributed by atoms with E-state index < -0.39 is 0 Å². The Kier molecular flexibility index (Phi) is 3.67. The molecule has 0 bridgehead atoms. The van der Waals surface area contributed by atoms with Crippen LogP contribution in [-0.2, 0) is 6.42 Å². The van der Waals surface area contributed by atoms with Crippen molar-refractivity contribution in [3.63, 3.8) is 0 Å². The third-order valence-electron chi connectivity index (χ3n) is 3.24. The molecular formula is C16H12BrFS. The maximum atomic E-state index is 13.8. The Morgan fingerprint density at radius 3 is 2.58 bits per heavy atom. The van der Waals surface area contributed by atoms with Gasteiger partial charge in [0.05, 0.1) is 0 Å². The topological polar surface area (TPSA) is 0 Å². The van der Waals surface area contributed by atoms with E-state index in [0.29, 0.717) is 5.39 Å². The Labute approximate surface area is 124 Å². The molecule has 3 heteroatoms. The van der Waals surface area contributed by atoms with Gasteiger partial charge in [-0.2, -0.15) is 11.3 Å². The molecule has 0 fully saturated rings. The number of rotatable bonds is 3. The summed E-state index contributed by atoms with van der Waals surface area (Å²) in [4.78, 5) is 0.201. The second-order valence-corrected chi connectivity index (χ2v) is 6.37. The first-order valence-corrected chi connectivity index (χ1v) is 7.94. The van der Waals surface area contributed by atoms with Gasteiger partial charge in [0.25, 0.3) is 0 Å². The lowest BCUT2D eigenvalue weighted by Gasteiger charge is -2.13. The predicted octanol–water partition coefficient (Wildman–Crippen LogP) is 5.72. The van der Waals surface area contributed by atoms with Gasteiger partial charge >= 0.3 is 0 Å². The van der Waals surface area contributed by atoms with Crippen LogP contribution in [0.15, 0.2) is 53.2 Å². The largest absolute Gasteiger partial charge is 0.206 e. The molecule has 0 saturated heterocycles. The Balaban J connectivity index is 2.03. The average molecular weight is 335 g/mol. The highest BCUT2D eigenvalue weighted by atomic mass is 79.9. The lowest BCUT2D eigenvalue weighted by Crippen LogP contribution is -1.96. The molecule has 0 saturated carbocycles. The minimum absolute atomic E-state index is 0.158. The van der Waals surface area contributed by atoms with Gasteiger partial charge in [0.2, 0.25) is 0 Å². The minimum atomic E-state index is -0.158. The van der Waals surface area contributed by atoms with Crippen LogP contribution >= 0.6 is 27.3 Å². The highest BCUT2D eigenvalue weighted by Crippen LogP contribution is 2.33. The van der Waals surface area contributed by atoms with Gasteiger partial charge in [-0.25, -0.2) is 4.39 Å². The van der Waals surface area contributed by atoms with Gasteiger partial charge in [-0.15, -0.1) is 0 Å². The van der Waals surface area contributed by atoms with Crippen molar-refractivity contribution >= 4 is 38.0 Å². The van der Waals surface area contributed by atoms with Crippen molar-refractivity contribution < 1.29 is 4.39 Å². The number of alkyl halides is 1. The van der Waals surface area contributed by atoms with Gasteiger partial charge in [-0.1, -0.05) is 46.3 Å². The van der Waals surface area contributed by atoms with Crippen molar-refractivity contribution in [3.05, 3.63) is 70.2 Å². The van der Waals surface area contributed by atoms with E-state index in [2.05, 4.69) is 32.8 Å². The summed E-state index contributed by atoms with van der Waals surface area (Å²) in [6.07, 6.45) is 0.916. The lowest BCUT2D eigenvalue weighted by atomic mass is 9.99. The van der Waals surface area contributed by atoms with E-state index in [9.17, 15) is 4.39 Å². The van der Waals surface area contributed by atoms with Crippen LogP contribution in [0.25, 0.3) is 10.8 Å². The second kappa shape index (κ2) is 5.43. The SMILES string of the molecule is Fc1ccc(C(Br)Cc2ccsc2)c2ccccc12. The molecule has 0 spiro atoms. The van der Waals surface area contributed by atoms with E-state index in [-0.39, 0.29) is 10.6 Å². The average Bonchev–Trinajstić information content (AvgIpc) is 2.92. The molecule has 19 heavy (non-hydrogen) atoms. The van der Waals surface area contributed by atoms with Crippen molar-refractivity contribution in [2.45, 2.75) is 11.2 Å². The van der Waals surface area contributed by atoms with Gasteiger partial charge in [0.15, 0.2) is 0 Å². The summed E-state index contributed by atoms with van der Waals surface area (Å²) in [7, 11) is 0. The quantitative estimate of drug-likeness (QED) is 0.537. The lowest BCUT2D eigenvalue weighted by molar-refractivity contribution is 0.639. The molecule has 0 N–H and O–H groups in total. The zero-order valence-electron chi connectivity index (χ0n) is 10.1. The standard InChI is InChI=1S/C16H12BrFS/c17-15(9-11-7-8-19-10-11)13-5-6-16(18)14-4-2-1-3-12(13)14/h1-8,10,15H,9H2. The van der Waals surface area contributed by atoms with Crippen LogP contribution in [0.2, 0.25) is 0 Å². The van der Waals surface area contributed by atoms with Crippen LogP contribution in [0, 0.1) is 5.82 Å². The minimum Gasteiger partial charge on any atom is -0.206 e. The van der Waals surface area contributed by atoms with Crippen LogP contribution in [-0.4, -0.2) is 0 Å². The van der Waals surface area contributed by atoms with Crippen LogP contribution in [0.1, 0.15) is 16.0 Å². The molecule has 1 heterocycles. The summed E-state index contributed by atoms with van der Waals surface area (Å²) >= 11 is 5.44. The fourth-order valence-corrected chi connectivity index (χ4v) is 3.74. The third-order valence-corrected chi connectivity index (χ3v) is 4.79. The van der Waals surface area contributed by atoms with E-state index in [1.807, 2.05) is 30.3 Å². The summed E-state index contributed by atoms with van der Waals surface area (Å²) in [5, 5.41) is 5.91. The molecule has 1 unspecified atom stereocenters. The molecule has 2 aromatic carbocycles. The molecule has 0 aliphatic heterocycles. The number of benzene rings is 2. The smallest absolute Gasteiger partial charge is 0.131 e. The molecule has 0 aliphatic rings. The number of thiophene rings is 1. The highest BCUT2D eigenvalue weighted by molar-refractivity contribution is 9.09. The maximum Gasteiger partial charge on any atom is 0.131 e. The van der Waals surface area contributed by atoms with Gasteiger partial charge in [-0.3, -0.25) is 0 Å². The molecule has 0 nitrogen and oxygen atoms in total. The van der Waals surface area contributed by atoms with Gasteiger partial charge in [0, 0.05) is 10.2 Å². The number of fused-ring (bicyclic) bond motifs is 1. The molecule has 0 radical (unpaired) electrons. The molecule has 3 rings (SSSR count). The maximum absolute atomic E-state index is 13.8. The monoisotopic (exact) mass is 334 g/mol. The van der Waals surface area contributed by atoms with Gasteiger partial charge in [-0.05, 0) is 45.8 Å². The Morgan fingerprint density at radius 1 is 1.05 bits per heavy atom. The Bertz CT molecular complexity index is 691. The van der Waals surface area contributed by atoms with E-state index in [1.54, 1.807) is 17.4 Å². The fourth-order valence-electron chi connectivity index (χ4n) is 2.28. The first-order valence-electron chi connectivity index (χ1n) is 6.08. The number of hydrogen-bond donors (Lipinski definition) is 0.